The summed E-state index contributed by atoms with van der Waals surface area (Å²) in [5, 5.41) is 3.55. The van der Waals surface area contributed by atoms with Crippen LogP contribution in [0, 0.1) is 12.8 Å². The molecule has 1 unspecified atom stereocenters. The van der Waals surface area contributed by atoms with E-state index in [2.05, 4.69) is 10.2 Å². The largest absolute Gasteiger partial charge is 0.341 e. The van der Waals surface area contributed by atoms with Gasteiger partial charge < -0.3 is 20.0 Å². The smallest absolute Gasteiger partial charge is 0.251 e. The molecule has 1 atom stereocenters. The van der Waals surface area contributed by atoms with Gasteiger partial charge >= 0.3 is 0 Å². The SMILES string of the molecule is Cc1cccc(C(=O)NC(C(=O)N2CCC3(CC2)C(=O)N(C)CN3c2ccccc2Cl)C(C)C)c1. The van der Waals surface area contributed by atoms with Crippen LogP contribution in [0.1, 0.15) is 42.6 Å². The zero-order valence-electron chi connectivity index (χ0n) is 20.8. The lowest BCUT2D eigenvalue weighted by Crippen LogP contribution is -2.60. The van der Waals surface area contributed by atoms with Crippen molar-refractivity contribution in [3.8, 4) is 0 Å². The number of carbonyl (C=O) groups excluding carboxylic acids is 3. The van der Waals surface area contributed by atoms with Crippen molar-refractivity contribution in [3.05, 3.63) is 64.7 Å². The van der Waals surface area contributed by atoms with Crippen molar-refractivity contribution in [2.45, 2.75) is 45.2 Å². The van der Waals surface area contributed by atoms with Crippen molar-refractivity contribution >= 4 is 35.0 Å². The number of nitrogens with zero attached hydrogens (tertiary/aromatic N) is 3. The van der Waals surface area contributed by atoms with Gasteiger partial charge in [-0.1, -0.05) is 55.3 Å². The Morgan fingerprint density at radius 2 is 1.74 bits per heavy atom. The Balaban J connectivity index is 1.50. The van der Waals surface area contributed by atoms with E-state index in [-0.39, 0.29) is 23.6 Å². The van der Waals surface area contributed by atoms with Crippen LogP contribution in [-0.4, -0.2) is 65.9 Å². The number of halogens is 1. The number of rotatable bonds is 5. The number of hydrogen-bond acceptors (Lipinski definition) is 4. The molecule has 7 nitrogen and oxygen atoms in total. The summed E-state index contributed by atoms with van der Waals surface area (Å²) in [5.74, 6) is -0.394. The van der Waals surface area contributed by atoms with Crippen LogP contribution < -0.4 is 10.2 Å². The second kappa shape index (κ2) is 9.90. The summed E-state index contributed by atoms with van der Waals surface area (Å²) in [6, 6.07) is 14.2. The van der Waals surface area contributed by atoms with Gasteiger partial charge in [0.2, 0.25) is 11.8 Å². The third-order valence-electron chi connectivity index (χ3n) is 7.16. The quantitative estimate of drug-likeness (QED) is 0.685. The van der Waals surface area contributed by atoms with Crippen LogP contribution in [-0.2, 0) is 9.59 Å². The average molecular weight is 497 g/mol. The minimum Gasteiger partial charge on any atom is -0.341 e. The normalized spacial score (nSPS) is 18.3. The van der Waals surface area contributed by atoms with E-state index in [0.717, 1.165) is 11.3 Å². The van der Waals surface area contributed by atoms with Gasteiger partial charge in [-0.05, 0) is 49.9 Å². The fraction of sp³-hybridized carbons (Fsp3) is 0.444. The second-order valence-electron chi connectivity index (χ2n) is 9.95. The van der Waals surface area contributed by atoms with E-state index in [9.17, 15) is 14.4 Å². The highest BCUT2D eigenvalue weighted by molar-refractivity contribution is 6.33. The Labute approximate surface area is 212 Å². The fourth-order valence-corrected chi connectivity index (χ4v) is 5.40. The summed E-state index contributed by atoms with van der Waals surface area (Å²) in [5.41, 5.74) is 1.63. The number of piperidine rings is 1. The Kier molecular flexibility index (Phi) is 7.08. The molecule has 2 heterocycles. The van der Waals surface area contributed by atoms with Gasteiger partial charge in [0.05, 0.1) is 17.4 Å². The standard InChI is InChI=1S/C27H33ClN4O3/c1-18(2)23(29-24(33)20-9-7-8-19(3)16-20)25(34)31-14-12-27(13-15-31)26(35)30(4)17-32(27)22-11-6-5-10-21(22)28/h5-11,16,18,23H,12-15,17H2,1-4H3,(H,29,33). The summed E-state index contributed by atoms with van der Waals surface area (Å²) in [6.45, 7) is 7.11. The maximum absolute atomic E-state index is 13.5. The van der Waals surface area contributed by atoms with E-state index in [1.807, 2.05) is 63.2 Å². The number of amides is 3. The van der Waals surface area contributed by atoms with Gasteiger partial charge in [0.1, 0.15) is 11.6 Å². The molecule has 0 aliphatic carbocycles. The Morgan fingerprint density at radius 3 is 2.37 bits per heavy atom. The van der Waals surface area contributed by atoms with Crippen molar-refractivity contribution in [3.63, 3.8) is 0 Å². The molecule has 2 fully saturated rings. The van der Waals surface area contributed by atoms with Gasteiger partial charge in [0, 0.05) is 25.7 Å². The van der Waals surface area contributed by atoms with E-state index in [1.165, 1.54) is 0 Å². The van der Waals surface area contributed by atoms with Crippen LogP contribution in [0.4, 0.5) is 5.69 Å². The molecule has 2 saturated heterocycles. The molecule has 186 valence electrons. The molecule has 2 aliphatic rings. The minimum atomic E-state index is -0.728. The predicted octanol–water partition coefficient (Wildman–Crippen LogP) is 3.70. The summed E-state index contributed by atoms with van der Waals surface area (Å²) in [6.07, 6.45) is 1.01. The summed E-state index contributed by atoms with van der Waals surface area (Å²) in [4.78, 5) is 45.3. The molecule has 1 spiro atoms. The number of anilines is 1. The van der Waals surface area contributed by atoms with Gasteiger partial charge in [-0.25, -0.2) is 0 Å². The molecule has 2 aromatic rings. The lowest BCUT2D eigenvalue weighted by molar-refractivity contribution is -0.139. The van der Waals surface area contributed by atoms with Gasteiger partial charge in [-0.3, -0.25) is 14.4 Å². The zero-order valence-corrected chi connectivity index (χ0v) is 21.5. The van der Waals surface area contributed by atoms with Crippen molar-refractivity contribution in [2.75, 3.05) is 31.7 Å². The van der Waals surface area contributed by atoms with Crippen molar-refractivity contribution in [1.82, 2.24) is 15.1 Å². The van der Waals surface area contributed by atoms with E-state index < -0.39 is 11.6 Å². The number of hydrogen-bond donors (Lipinski definition) is 1. The van der Waals surface area contributed by atoms with Crippen LogP contribution in [0.3, 0.4) is 0 Å². The Bertz CT molecular complexity index is 1130. The molecule has 4 rings (SSSR count). The molecular weight excluding hydrogens is 464 g/mol. The molecule has 8 heteroatoms. The highest BCUT2D eigenvalue weighted by Gasteiger charge is 2.53. The lowest BCUT2D eigenvalue weighted by atomic mass is 9.85. The number of likely N-dealkylation sites (N-methyl/N-ethyl adjacent to an activating group) is 1. The van der Waals surface area contributed by atoms with E-state index in [1.54, 1.807) is 22.9 Å². The number of carbonyl (C=O) groups is 3. The monoisotopic (exact) mass is 496 g/mol. The number of nitrogens with one attached hydrogen (secondary N) is 1. The van der Waals surface area contributed by atoms with E-state index >= 15 is 0 Å². The second-order valence-corrected chi connectivity index (χ2v) is 10.4. The summed E-state index contributed by atoms with van der Waals surface area (Å²) >= 11 is 6.49. The van der Waals surface area contributed by atoms with Crippen LogP contribution >= 0.6 is 11.6 Å². The third-order valence-corrected chi connectivity index (χ3v) is 7.48. The molecule has 2 aromatic carbocycles. The highest BCUT2D eigenvalue weighted by atomic mass is 35.5. The number of para-hydroxylation sites is 1. The van der Waals surface area contributed by atoms with Crippen LogP contribution in [0.5, 0.6) is 0 Å². The first-order chi connectivity index (χ1) is 16.6. The third kappa shape index (κ3) is 4.74. The van der Waals surface area contributed by atoms with Crippen LogP contribution in [0.25, 0.3) is 0 Å². The van der Waals surface area contributed by atoms with Gasteiger partial charge in [0.25, 0.3) is 5.91 Å². The molecule has 3 amide bonds. The maximum atomic E-state index is 13.5. The van der Waals surface area contributed by atoms with Gasteiger partial charge in [0.15, 0.2) is 0 Å². The summed E-state index contributed by atoms with van der Waals surface area (Å²) in [7, 11) is 1.80. The molecule has 1 N–H and O–H groups in total. The molecule has 0 saturated carbocycles. The van der Waals surface area contributed by atoms with Crippen LogP contribution in [0.2, 0.25) is 5.02 Å². The highest BCUT2D eigenvalue weighted by Crippen LogP contribution is 2.41. The van der Waals surface area contributed by atoms with E-state index in [0.29, 0.717) is 43.2 Å². The van der Waals surface area contributed by atoms with Crippen LogP contribution in [0.15, 0.2) is 48.5 Å². The Morgan fingerprint density at radius 1 is 1.06 bits per heavy atom. The molecule has 2 aliphatic heterocycles. The fourth-order valence-electron chi connectivity index (χ4n) is 5.16. The number of aryl methyl sites for hydroxylation is 1. The van der Waals surface area contributed by atoms with E-state index in [4.69, 9.17) is 11.6 Å². The lowest BCUT2D eigenvalue weighted by Gasteiger charge is -2.44. The molecular formula is C27H33ClN4O3. The molecule has 0 radical (unpaired) electrons. The van der Waals surface area contributed by atoms with Gasteiger partial charge in [-0.2, -0.15) is 0 Å². The predicted molar refractivity (Wildman–Crippen MR) is 137 cm³/mol. The average Bonchev–Trinajstić information content (AvgIpc) is 3.07. The number of likely N-dealkylation sites (tertiary alicyclic amines) is 1. The Hall–Kier alpha value is -3.06. The minimum absolute atomic E-state index is 0.0534. The van der Waals surface area contributed by atoms with Crippen molar-refractivity contribution < 1.29 is 14.4 Å². The van der Waals surface area contributed by atoms with Gasteiger partial charge in [-0.15, -0.1) is 0 Å². The first-order valence-corrected chi connectivity index (χ1v) is 12.5. The first-order valence-electron chi connectivity index (χ1n) is 12.1. The molecule has 35 heavy (non-hydrogen) atoms. The molecule has 0 aromatic heterocycles. The zero-order chi connectivity index (χ0) is 25.3. The first kappa shape index (κ1) is 25.0. The van der Waals surface area contributed by atoms with Crippen molar-refractivity contribution in [1.29, 1.82) is 0 Å². The maximum Gasteiger partial charge on any atom is 0.251 e. The molecule has 0 bridgehead atoms. The summed E-state index contributed by atoms with van der Waals surface area (Å²) < 4.78 is 0. The number of benzene rings is 2. The topological polar surface area (TPSA) is 73.0 Å². The van der Waals surface area contributed by atoms with Crippen molar-refractivity contribution in [2.24, 2.45) is 5.92 Å².